The predicted molar refractivity (Wildman–Crippen MR) is 115 cm³/mol. The fourth-order valence-electron chi connectivity index (χ4n) is 3.42. The minimum absolute atomic E-state index is 0.167. The van der Waals surface area contributed by atoms with Gasteiger partial charge in [-0.15, -0.1) is 0 Å². The number of carbonyl (C=O) groups is 1. The maximum absolute atomic E-state index is 12.9. The summed E-state index contributed by atoms with van der Waals surface area (Å²) in [4.78, 5) is 23.5. The first-order valence-corrected chi connectivity index (χ1v) is 10.5. The molecule has 170 valence electrons. The summed E-state index contributed by atoms with van der Waals surface area (Å²) in [5.74, 6) is 1.98. The van der Waals surface area contributed by atoms with Crippen LogP contribution >= 0.6 is 0 Å². The number of amides is 1. The highest BCUT2D eigenvalue weighted by atomic mass is 16.6. The van der Waals surface area contributed by atoms with Crippen molar-refractivity contribution in [1.82, 2.24) is 20.5 Å². The number of hydrogen-bond acceptors (Lipinski definition) is 6. The third kappa shape index (κ3) is 6.10. The van der Waals surface area contributed by atoms with Crippen LogP contribution in [0.15, 0.2) is 9.41 Å². The molecule has 1 aromatic rings. The van der Waals surface area contributed by atoms with Gasteiger partial charge >= 0.3 is 6.09 Å². The highest BCUT2D eigenvalue weighted by molar-refractivity contribution is 5.79. The summed E-state index contributed by atoms with van der Waals surface area (Å²) >= 11 is 0. The molecule has 1 saturated heterocycles. The highest BCUT2D eigenvalue weighted by Crippen LogP contribution is 2.33. The van der Waals surface area contributed by atoms with Gasteiger partial charge in [0.2, 0.25) is 5.89 Å². The summed E-state index contributed by atoms with van der Waals surface area (Å²) in [6.45, 7) is 18.5. The number of aryl methyl sites for hydroxylation is 2. The zero-order chi connectivity index (χ0) is 22.7. The fraction of sp³-hybridized carbons (Fsp3) is 0.762. The number of nitrogens with zero attached hydrogens (tertiary/aromatic N) is 3. The topological polar surface area (TPSA) is 101 Å². The number of oxazole rings is 1. The molecule has 2 unspecified atom stereocenters. The summed E-state index contributed by atoms with van der Waals surface area (Å²) in [5.41, 5.74) is -0.485. The third-order valence-corrected chi connectivity index (χ3v) is 4.79. The van der Waals surface area contributed by atoms with Crippen molar-refractivity contribution in [3.63, 3.8) is 0 Å². The smallest absolute Gasteiger partial charge is 0.412 e. The molecular weight excluding hydrogens is 386 g/mol. The Kier molecular flexibility index (Phi) is 7.39. The molecule has 9 heteroatoms. The molecule has 0 bridgehead atoms. The monoisotopic (exact) mass is 423 g/mol. The van der Waals surface area contributed by atoms with E-state index in [0.29, 0.717) is 31.5 Å². The quantitative estimate of drug-likeness (QED) is 0.554. The van der Waals surface area contributed by atoms with E-state index < -0.39 is 17.4 Å². The van der Waals surface area contributed by atoms with Crippen LogP contribution in [0.2, 0.25) is 0 Å². The maximum Gasteiger partial charge on any atom is 0.412 e. The lowest BCUT2D eigenvalue weighted by Gasteiger charge is -2.35. The highest BCUT2D eigenvalue weighted by Gasteiger charge is 2.49. The van der Waals surface area contributed by atoms with Gasteiger partial charge in [-0.05, 0) is 62.3 Å². The van der Waals surface area contributed by atoms with Crippen LogP contribution in [0.1, 0.15) is 65.8 Å². The molecule has 0 aliphatic carbocycles. The molecule has 0 aromatic carbocycles. The van der Waals surface area contributed by atoms with Crippen LogP contribution < -0.4 is 10.6 Å². The van der Waals surface area contributed by atoms with Crippen LogP contribution in [0, 0.1) is 13.8 Å². The van der Waals surface area contributed by atoms with Crippen molar-refractivity contribution >= 4 is 12.1 Å². The molecule has 0 spiro atoms. The molecule has 2 heterocycles. The Hall–Kier alpha value is -2.29. The first-order chi connectivity index (χ1) is 13.8. The first kappa shape index (κ1) is 24.0. The van der Waals surface area contributed by atoms with Crippen molar-refractivity contribution in [3.8, 4) is 0 Å². The molecule has 0 saturated carbocycles. The Bertz CT molecular complexity index is 746. The van der Waals surface area contributed by atoms with Gasteiger partial charge < -0.3 is 24.5 Å². The third-order valence-electron chi connectivity index (χ3n) is 4.79. The second-order valence-electron chi connectivity index (χ2n) is 9.01. The van der Waals surface area contributed by atoms with E-state index in [4.69, 9.17) is 13.9 Å². The van der Waals surface area contributed by atoms with E-state index in [0.717, 1.165) is 11.5 Å². The molecule has 1 amide bonds. The summed E-state index contributed by atoms with van der Waals surface area (Å²) in [6.07, 6.45) is -0.559. The van der Waals surface area contributed by atoms with Crippen LogP contribution in [-0.4, -0.2) is 58.5 Å². The van der Waals surface area contributed by atoms with E-state index in [2.05, 4.69) is 20.6 Å². The van der Waals surface area contributed by atoms with Crippen molar-refractivity contribution in [2.24, 2.45) is 4.99 Å². The Morgan fingerprint density at radius 3 is 2.50 bits per heavy atom. The van der Waals surface area contributed by atoms with Gasteiger partial charge in [0, 0.05) is 13.1 Å². The van der Waals surface area contributed by atoms with Crippen LogP contribution in [0.25, 0.3) is 0 Å². The molecule has 1 aliphatic rings. The number of ether oxygens (including phenoxy) is 2. The second-order valence-corrected chi connectivity index (χ2v) is 9.01. The lowest BCUT2D eigenvalue weighted by molar-refractivity contribution is -0.0755. The van der Waals surface area contributed by atoms with Gasteiger partial charge in [-0.2, -0.15) is 0 Å². The van der Waals surface area contributed by atoms with Crippen molar-refractivity contribution < 1.29 is 18.7 Å². The van der Waals surface area contributed by atoms with Gasteiger partial charge in [0.25, 0.3) is 0 Å². The van der Waals surface area contributed by atoms with Crippen molar-refractivity contribution in [1.29, 1.82) is 0 Å². The van der Waals surface area contributed by atoms with Crippen LogP contribution in [-0.2, 0) is 16.0 Å². The number of nitrogens with one attached hydrogen (secondary N) is 2. The molecular formula is C21H37N5O4. The minimum atomic E-state index is -0.767. The van der Waals surface area contributed by atoms with Gasteiger partial charge in [0.05, 0.1) is 17.8 Å². The Morgan fingerprint density at radius 1 is 1.30 bits per heavy atom. The van der Waals surface area contributed by atoms with E-state index in [1.807, 2.05) is 62.3 Å². The van der Waals surface area contributed by atoms with E-state index in [-0.39, 0.29) is 12.1 Å². The standard InChI is InChI=1S/C21H37N5O4/c1-10-22-18(24-12-17-25-13(2)14(3)28-17)23-11-16-15(4)29-21(8,9)26(16)19(27)30-20(5,6)7/h15-16H,10-12H2,1-9H3,(H2,22,23,24). The Morgan fingerprint density at radius 2 is 1.97 bits per heavy atom. The zero-order valence-electron chi connectivity index (χ0n) is 19.8. The van der Waals surface area contributed by atoms with Gasteiger partial charge in [-0.3, -0.25) is 4.90 Å². The predicted octanol–water partition coefficient (Wildman–Crippen LogP) is 3.11. The lowest BCUT2D eigenvalue weighted by Crippen LogP contribution is -2.54. The largest absolute Gasteiger partial charge is 0.444 e. The van der Waals surface area contributed by atoms with E-state index >= 15 is 0 Å². The van der Waals surface area contributed by atoms with Crippen molar-refractivity contribution in [2.75, 3.05) is 13.1 Å². The number of aromatic nitrogens is 1. The normalized spacial score (nSPS) is 21.6. The van der Waals surface area contributed by atoms with Gasteiger partial charge in [0.1, 0.15) is 23.6 Å². The molecule has 0 radical (unpaired) electrons. The maximum atomic E-state index is 12.9. The fourth-order valence-corrected chi connectivity index (χ4v) is 3.42. The second kappa shape index (κ2) is 9.24. The number of rotatable bonds is 5. The van der Waals surface area contributed by atoms with E-state index in [9.17, 15) is 4.79 Å². The number of hydrogen-bond donors (Lipinski definition) is 2. The number of carbonyl (C=O) groups excluding carboxylic acids is 1. The molecule has 2 atom stereocenters. The number of aliphatic imine (C=N–C) groups is 1. The molecule has 1 fully saturated rings. The Labute approximate surface area is 179 Å². The van der Waals surface area contributed by atoms with Gasteiger partial charge in [0.15, 0.2) is 5.96 Å². The average molecular weight is 424 g/mol. The van der Waals surface area contributed by atoms with E-state index in [1.165, 1.54) is 0 Å². The van der Waals surface area contributed by atoms with Gasteiger partial charge in [-0.25, -0.2) is 14.8 Å². The molecule has 9 nitrogen and oxygen atoms in total. The lowest BCUT2D eigenvalue weighted by atomic mass is 10.1. The Balaban J connectivity index is 2.11. The molecule has 2 rings (SSSR count). The van der Waals surface area contributed by atoms with Crippen molar-refractivity contribution in [2.45, 2.75) is 92.3 Å². The molecule has 30 heavy (non-hydrogen) atoms. The molecule has 2 N–H and O–H groups in total. The first-order valence-electron chi connectivity index (χ1n) is 10.5. The summed E-state index contributed by atoms with van der Waals surface area (Å²) in [6, 6.07) is -0.218. The minimum Gasteiger partial charge on any atom is -0.444 e. The van der Waals surface area contributed by atoms with Gasteiger partial charge in [-0.1, -0.05) is 0 Å². The zero-order valence-corrected chi connectivity index (χ0v) is 19.8. The summed E-state index contributed by atoms with van der Waals surface area (Å²) < 4.78 is 17.3. The summed E-state index contributed by atoms with van der Waals surface area (Å²) in [7, 11) is 0. The number of guanidine groups is 1. The van der Waals surface area contributed by atoms with Crippen molar-refractivity contribution in [3.05, 3.63) is 17.3 Å². The molecule has 1 aliphatic heterocycles. The van der Waals surface area contributed by atoms with Crippen LogP contribution in [0.5, 0.6) is 0 Å². The molecule has 1 aromatic heterocycles. The van der Waals surface area contributed by atoms with E-state index in [1.54, 1.807) is 4.90 Å². The van der Waals surface area contributed by atoms with Crippen LogP contribution in [0.4, 0.5) is 4.79 Å². The van der Waals surface area contributed by atoms with Crippen LogP contribution in [0.3, 0.4) is 0 Å². The summed E-state index contributed by atoms with van der Waals surface area (Å²) in [5, 5.41) is 6.52. The average Bonchev–Trinajstić information content (AvgIpc) is 3.03. The SMILES string of the molecule is CCNC(=NCc1nc(C)c(C)o1)NCC1C(C)OC(C)(C)N1C(=O)OC(C)(C)C.